The molecule has 1 N–H and O–H groups in total. The average Bonchev–Trinajstić information content (AvgIpc) is 4.07. The van der Waals surface area contributed by atoms with Gasteiger partial charge in [0.2, 0.25) is 0 Å². The standard InChI is InChI=1S/C50H49N8O/c1-55-26-20-35(21-27-55)48-41-14-12-39(51-41)47(34-8-10-38(11-9-34)59-33-7-32-58(4,5)6)40-13-15-42(52-40)49(36-22-28-56(2)29-23-36)44-17-19-46(54-44)50(45-18-16-43(48)53-45)37-24-30-57(3)31-25-37/h8-31,51H,7,32-33H2,1-6H3/q+3. The fourth-order valence-corrected chi connectivity index (χ4v) is 7.80. The number of aliphatic imine (C=N–C) groups is 3. The second-order valence-corrected chi connectivity index (χ2v) is 16.4. The molecule has 9 heteroatoms. The SMILES string of the molecule is CN1C=CC(=C2C3=NC(=C(c4cc[n+](C)cc4)C4=NC(=C(c5cc[n+](C)cc5)C5=NC(=C(c6ccc(OCCC[N+](C)(C)C)cc6)c6ccc2[nH]6)C=C5)C=C4)C=C3)C=C1. The first-order valence-corrected chi connectivity index (χ1v) is 20.1. The fraction of sp³-hybridized carbons (Fsp3) is 0.180. The minimum Gasteiger partial charge on any atom is -0.493 e. The number of aromatic amines is 1. The average molecular weight is 778 g/mol. The maximum Gasteiger partial charge on any atom is 0.169 e. The van der Waals surface area contributed by atoms with Crippen LogP contribution in [0.4, 0.5) is 0 Å². The third-order valence-electron chi connectivity index (χ3n) is 10.9. The smallest absolute Gasteiger partial charge is 0.169 e. The lowest BCUT2D eigenvalue weighted by Gasteiger charge is -2.23. The van der Waals surface area contributed by atoms with E-state index in [0.29, 0.717) is 6.61 Å². The number of aryl methyl sites for hydroxylation is 2. The predicted molar refractivity (Wildman–Crippen MR) is 238 cm³/mol. The number of H-pyrrole nitrogens is 1. The molecule has 9 nitrogen and oxygen atoms in total. The number of rotatable bonds is 8. The van der Waals surface area contributed by atoms with Gasteiger partial charge in [-0.15, -0.1) is 0 Å². The quantitative estimate of drug-likeness (QED) is 0.115. The Labute approximate surface area is 346 Å². The summed E-state index contributed by atoms with van der Waals surface area (Å²) in [7, 11) is 12.7. The van der Waals surface area contributed by atoms with E-state index in [9.17, 15) is 0 Å². The minimum atomic E-state index is 0.670. The van der Waals surface area contributed by atoms with Crippen molar-refractivity contribution in [3.05, 3.63) is 197 Å². The van der Waals surface area contributed by atoms with Crippen molar-refractivity contribution in [1.82, 2.24) is 9.88 Å². The number of nitrogens with one attached hydrogen (secondary N) is 1. The molecule has 0 spiro atoms. The van der Waals surface area contributed by atoms with Crippen molar-refractivity contribution in [2.24, 2.45) is 29.1 Å². The molecule has 8 bridgehead atoms. The Morgan fingerprint density at radius 1 is 0.559 bits per heavy atom. The van der Waals surface area contributed by atoms with E-state index in [1.54, 1.807) is 0 Å². The topological polar surface area (TPSA) is 73.1 Å². The molecule has 1 aromatic carbocycles. The van der Waals surface area contributed by atoms with Gasteiger partial charge >= 0.3 is 0 Å². The Balaban J connectivity index is 1.26. The third-order valence-corrected chi connectivity index (χ3v) is 10.9. The number of nitrogens with zero attached hydrogens (tertiary/aromatic N) is 7. The van der Waals surface area contributed by atoms with E-state index < -0.39 is 0 Å². The summed E-state index contributed by atoms with van der Waals surface area (Å²) in [5, 5.41) is 0. The first-order valence-electron chi connectivity index (χ1n) is 20.1. The van der Waals surface area contributed by atoms with Crippen LogP contribution in [0.2, 0.25) is 0 Å². The van der Waals surface area contributed by atoms with Gasteiger partial charge in [-0.3, -0.25) is 0 Å². The number of hydrogen-bond acceptors (Lipinski definition) is 5. The number of fused-ring (bicyclic) bond motifs is 5. The number of hydrogen-bond donors (Lipinski definition) is 1. The van der Waals surface area contributed by atoms with Gasteiger partial charge in [-0.25, -0.2) is 24.1 Å². The van der Waals surface area contributed by atoms with Gasteiger partial charge < -0.3 is 19.1 Å². The van der Waals surface area contributed by atoms with Crippen molar-refractivity contribution in [3.8, 4) is 5.75 Å². The Morgan fingerprint density at radius 3 is 1.53 bits per heavy atom. The molecule has 0 saturated heterocycles. The molecule has 3 aromatic heterocycles. The van der Waals surface area contributed by atoms with Crippen LogP contribution in [-0.4, -0.2) is 72.8 Å². The molecule has 5 aliphatic heterocycles. The van der Waals surface area contributed by atoms with Gasteiger partial charge in [-0.2, -0.15) is 0 Å². The first kappa shape index (κ1) is 37.6. The monoisotopic (exact) mass is 777 g/mol. The maximum atomic E-state index is 6.20. The molecule has 0 unspecified atom stereocenters. The van der Waals surface area contributed by atoms with Crippen LogP contribution in [0.1, 0.15) is 34.5 Å². The van der Waals surface area contributed by atoms with E-state index in [2.05, 4.69) is 173 Å². The fourth-order valence-electron chi connectivity index (χ4n) is 7.80. The van der Waals surface area contributed by atoms with Crippen LogP contribution in [0.25, 0.3) is 22.3 Å². The Kier molecular flexibility index (Phi) is 9.82. The second kappa shape index (κ2) is 15.4. The maximum absolute atomic E-state index is 6.20. The summed E-state index contributed by atoms with van der Waals surface area (Å²) in [5.74, 6) is 0.852. The molecule has 9 rings (SSSR count). The summed E-state index contributed by atoms with van der Waals surface area (Å²) < 4.78 is 11.2. The van der Waals surface area contributed by atoms with Gasteiger partial charge in [0.05, 0.1) is 68.5 Å². The summed E-state index contributed by atoms with van der Waals surface area (Å²) in [6.45, 7) is 1.72. The minimum absolute atomic E-state index is 0.670. The van der Waals surface area contributed by atoms with Gasteiger partial charge in [0.25, 0.3) is 0 Å². The van der Waals surface area contributed by atoms with Crippen molar-refractivity contribution < 1.29 is 18.4 Å². The number of quaternary nitrogens is 1. The van der Waals surface area contributed by atoms with Gasteiger partial charge in [0.15, 0.2) is 24.8 Å². The molecule has 0 fully saturated rings. The molecule has 0 amide bonds. The van der Waals surface area contributed by atoms with Crippen molar-refractivity contribution in [1.29, 1.82) is 0 Å². The van der Waals surface area contributed by atoms with Gasteiger partial charge in [0, 0.05) is 83.8 Å². The highest BCUT2D eigenvalue weighted by Gasteiger charge is 2.27. The molecule has 292 valence electrons. The van der Waals surface area contributed by atoms with Gasteiger partial charge in [-0.05, 0) is 95.1 Å². The molecule has 8 heterocycles. The van der Waals surface area contributed by atoms with Crippen molar-refractivity contribution in [3.63, 3.8) is 0 Å². The lowest BCUT2D eigenvalue weighted by Crippen LogP contribution is -2.35. The number of aromatic nitrogens is 3. The number of allylic oxidation sites excluding steroid dienone is 12. The molecule has 0 atom stereocenters. The molecule has 0 radical (unpaired) electrons. The van der Waals surface area contributed by atoms with Crippen molar-refractivity contribution in [2.45, 2.75) is 6.42 Å². The third kappa shape index (κ3) is 7.85. The van der Waals surface area contributed by atoms with E-state index in [4.69, 9.17) is 19.7 Å². The molecule has 0 aliphatic carbocycles. The van der Waals surface area contributed by atoms with E-state index in [1.807, 2.05) is 35.2 Å². The summed E-state index contributed by atoms with van der Waals surface area (Å²) in [6.07, 6.45) is 30.4. The lowest BCUT2D eigenvalue weighted by atomic mass is 9.99. The zero-order chi connectivity index (χ0) is 40.7. The van der Waals surface area contributed by atoms with E-state index in [0.717, 1.165) is 113 Å². The van der Waals surface area contributed by atoms with Crippen molar-refractivity contribution >= 4 is 39.4 Å². The van der Waals surface area contributed by atoms with Crippen LogP contribution in [0.3, 0.4) is 0 Å². The largest absolute Gasteiger partial charge is 0.493 e. The number of ether oxygens (including phenoxy) is 1. The normalized spacial score (nSPS) is 17.2. The van der Waals surface area contributed by atoms with Crippen LogP contribution in [0.5, 0.6) is 5.75 Å². The van der Waals surface area contributed by atoms with E-state index in [-0.39, 0.29) is 0 Å². The predicted octanol–water partition coefficient (Wildman–Crippen LogP) is 7.49. The van der Waals surface area contributed by atoms with Crippen LogP contribution in [-0.2, 0) is 14.1 Å². The highest BCUT2D eigenvalue weighted by molar-refractivity contribution is 6.37. The molecule has 5 aliphatic rings. The Morgan fingerprint density at radius 2 is 1.02 bits per heavy atom. The molecule has 59 heavy (non-hydrogen) atoms. The zero-order valence-corrected chi connectivity index (χ0v) is 34.5. The van der Waals surface area contributed by atoms with E-state index in [1.165, 1.54) is 0 Å². The first-order chi connectivity index (χ1) is 28.6. The lowest BCUT2D eigenvalue weighted by molar-refractivity contribution is -0.870. The Bertz CT molecular complexity index is 2710. The summed E-state index contributed by atoms with van der Waals surface area (Å²) >= 11 is 0. The zero-order valence-electron chi connectivity index (χ0n) is 34.5. The van der Waals surface area contributed by atoms with Gasteiger partial charge in [-0.1, -0.05) is 12.1 Å². The number of benzene rings is 1. The molecule has 4 aromatic rings. The van der Waals surface area contributed by atoms with Crippen LogP contribution >= 0.6 is 0 Å². The van der Waals surface area contributed by atoms with E-state index >= 15 is 0 Å². The molecular formula is C50H49N8O+3. The molecular weight excluding hydrogens is 729 g/mol. The highest BCUT2D eigenvalue weighted by Crippen LogP contribution is 2.38. The van der Waals surface area contributed by atoms with Crippen LogP contribution in [0, 0.1) is 0 Å². The summed E-state index contributed by atoms with van der Waals surface area (Å²) in [5.41, 5.74) is 15.1. The van der Waals surface area contributed by atoms with Crippen molar-refractivity contribution in [2.75, 3.05) is 41.3 Å². The number of pyridine rings is 2. The second-order valence-electron chi connectivity index (χ2n) is 16.4. The Hall–Kier alpha value is -6.97. The highest BCUT2D eigenvalue weighted by atomic mass is 16.5. The van der Waals surface area contributed by atoms with Gasteiger partial charge in [0.1, 0.15) is 19.8 Å². The molecule has 0 saturated carbocycles. The summed E-state index contributed by atoms with van der Waals surface area (Å²) in [4.78, 5) is 22.1. The summed E-state index contributed by atoms with van der Waals surface area (Å²) in [6, 6.07) is 21.2. The van der Waals surface area contributed by atoms with Crippen LogP contribution < -0.4 is 13.9 Å². The van der Waals surface area contributed by atoms with Crippen LogP contribution in [0.15, 0.2) is 184 Å².